The molecule has 0 radical (unpaired) electrons. The number of hydrogen-bond acceptors (Lipinski definition) is 3. The predicted octanol–water partition coefficient (Wildman–Crippen LogP) is 15.0. The summed E-state index contributed by atoms with van der Waals surface area (Å²) in [6.07, 6.45) is 3.88. The summed E-state index contributed by atoms with van der Waals surface area (Å²) in [6, 6.07) is 55.7. The fraction of sp³-hybridized carbons (Fsp3) is 0.172. The maximum Gasteiger partial charge on any atom is 2.00 e. The summed E-state index contributed by atoms with van der Waals surface area (Å²) in [6.45, 7) is 18.1. The van der Waals surface area contributed by atoms with E-state index >= 15 is 0 Å². The third-order valence-electron chi connectivity index (χ3n) is 12.0. The van der Waals surface area contributed by atoms with Crippen LogP contribution in [0.15, 0.2) is 146 Å². The van der Waals surface area contributed by atoms with Crippen molar-refractivity contribution in [3.8, 4) is 65.1 Å². The molecule has 0 amide bonds. The summed E-state index contributed by atoms with van der Waals surface area (Å²) < 4.78 is 12.4. The summed E-state index contributed by atoms with van der Waals surface area (Å²) in [5.74, 6) is 1.27. The van der Waals surface area contributed by atoms with Crippen LogP contribution in [0.25, 0.3) is 83.7 Å². The summed E-state index contributed by atoms with van der Waals surface area (Å²) in [7, 11) is 0. The van der Waals surface area contributed by atoms with Gasteiger partial charge in [-0.25, -0.2) is 0 Å². The third kappa shape index (κ3) is 8.46. The van der Waals surface area contributed by atoms with Crippen LogP contribution in [-0.2, 0) is 31.9 Å². The van der Waals surface area contributed by atoms with Crippen LogP contribution in [0.1, 0.15) is 63.8 Å². The van der Waals surface area contributed by atoms with Crippen LogP contribution in [-0.4, -0.2) is 39.0 Å². The van der Waals surface area contributed by atoms with Gasteiger partial charge in [-0.05, 0) is 0 Å². The van der Waals surface area contributed by atoms with Crippen molar-refractivity contribution < 1.29 is 25.8 Å². The number of nitrogens with zero attached hydrogens (tertiary/aromatic N) is 2. The summed E-state index contributed by atoms with van der Waals surface area (Å²) in [4.78, 5) is 10.1. The van der Waals surface area contributed by atoms with E-state index in [1.807, 2.05) is 12.4 Å². The Bertz CT molecular complexity index is 3350. The monoisotopic (exact) mass is 1140 g/mol. The van der Waals surface area contributed by atoms with Crippen LogP contribution < -0.4 is 4.74 Å². The first-order valence-electron chi connectivity index (χ1n) is 21.5. The van der Waals surface area contributed by atoms with Crippen LogP contribution in [0.5, 0.6) is 11.5 Å². The molecule has 4 aromatic heterocycles. The van der Waals surface area contributed by atoms with Crippen molar-refractivity contribution in [3.63, 3.8) is 0 Å². The zero-order chi connectivity index (χ0) is 43.6. The van der Waals surface area contributed by atoms with Gasteiger partial charge in [-0.15, -0.1) is 0 Å². The Morgan fingerprint density at radius 2 is 1.22 bits per heavy atom. The van der Waals surface area contributed by atoms with Gasteiger partial charge in [0, 0.05) is 0 Å². The number of aryl methyl sites for hydroxylation is 2. The molecular weight excluding hydrogens is 1090 g/mol. The number of rotatable bonds is 7. The molecule has 0 N–H and O–H groups in total. The average Bonchev–Trinajstić information content (AvgIpc) is 3.87. The molecule has 3 nitrogen and oxygen atoms in total. The van der Waals surface area contributed by atoms with Gasteiger partial charge in [-0.2, -0.15) is 0 Å². The smallest absolute Gasteiger partial charge is 2.00 e. The van der Waals surface area contributed by atoms with E-state index in [1.165, 1.54) is 61.5 Å². The van der Waals surface area contributed by atoms with Gasteiger partial charge < -0.3 is 0 Å². The molecule has 0 aliphatic carbocycles. The van der Waals surface area contributed by atoms with E-state index in [0.29, 0.717) is 11.5 Å². The van der Waals surface area contributed by atoms with Gasteiger partial charge in [0.05, 0.1) is 0 Å². The Labute approximate surface area is 403 Å². The number of aromatic nitrogens is 2. The van der Waals surface area contributed by atoms with E-state index in [1.54, 1.807) is 0 Å². The molecule has 0 unspecified atom stereocenters. The third-order valence-corrected chi connectivity index (χ3v) is 17.4. The van der Waals surface area contributed by atoms with E-state index in [-0.39, 0.29) is 60.9 Å². The van der Waals surface area contributed by atoms with Gasteiger partial charge in [0.1, 0.15) is 0 Å². The number of ether oxygens (including phenoxy) is 1. The topological polar surface area (TPSA) is 35.0 Å². The summed E-state index contributed by atoms with van der Waals surface area (Å²) >= 11 is 0.116. The van der Waals surface area contributed by atoms with Gasteiger partial charge in [0.25, 0.3) is 0 Å². The number of pyridine rings is 2. The van der Waals surface area contributed by atoms with Crippen LogP contribution in [0.3, 0.4) is 0 Å². The van der Waals surface area contributed by atoms with Crippen LogP contribution in [0.2, 0.25) is 0 Å². The number of hydrogen-bond donors (Lipinski definition) is 0. The molecule has 0 fully saturated rings. The van der Waals surface area contributed by atoms with Crippen molar-refractivity contribution >= 4 is 59.1 Å². The second kappa shape index (κ2) is 17.4. The first-order valence-corrected chi connectivity index (χ1v) is 25.0. The van der Waals surface area contributed by atoms with Crippen molar-refractivity contribution in [3.05, 3.63) is 180 Å². The first kappa shape index (κ1) is 44.1. The van der Waals surface area contributed by atoms with E-state index in [4.69, 9.17) is 14.7 Å². The minimum atomic E-state index is 0. The van der Waals surface area contributed by atoms with E-state index in [9.17, 15) is 0 Å². The maximum atomic E-state index is 7.03. The van der Waals surface area contributed by atoms with Gasteiger partial charge in [-0.3, -0.25) is 0 Å². The molecule has 10 rings (SSSR count). The molecule has 0 spiro atoms. The molecule has 0 saturated carbocycles. The second-order valence-corrected chi connectivity index (χ2v) is 23.0. The summed E-state index contributed by atoms with van der Waals surface area (Å²) in [5.41, 5.74) is 14.1. The van der Waals surface area contributed by atoms with Crippen molar-refractivity contribution in [2.24, 2.45) is 0 Å². The number of benzene rings is 6. The molecule has 64 heavy (non-hydrogen) atoms. The van der Waals surface area contributed by atoms with Crippen LogP contribution in [0, 0.1) is 26.0 Å². The van der Waals surface area contributed by atoms with Gasteiger partial charge >= 0.3 is 406 Å². The van der Waals surface area contributed by atoms with E-state index in [0.717, 1.165) is 44.4 Å². The van der Waals surface area contributed by atoms with Crippen LogP contribution in [0.4, 0.5) is 0 Å². The van der Waals surface area contributed by atoms with Gasteiger partial charge in [0.2, 0.25) is 0 Å². The molecule has 4 heterocycles. The Morgan fingerprint density at radius 1 is 0.531 bits per heavy atom. The summed E-state index contributed by atoms with van der Waals surface area (Å²) in [5, 5.41) is 4.55. The molecule has 6 heteroatoms. The van der Waals surface area contributed by atoms with E-state index < -0.39 is 0 Å². The zero-order valence-corrected chi connectivity index (χ0v) is 43.0. The van der Waals surface area contributed by atoms with Crippen molar-refractivity contribution in [1.82, 2.24) is 9.97 Å². The Hall–Kier alpha value is -5.11. The van der Waals surface area contributed by atoms with Crippen LogP contribution >= 0.6 is 0 Å². The van der Waals surface area contributed by atoms with Crippen molar-refractivity contribution in [2.75, 3.05) is 0 Å². The maximum absolute atomic E-state index is 7.03. The molecule has 0 saturated heterocycles. The molecular formula is C58H48N2OPtSe2. The fourth-order valence-corrected chi connectivity index (χ4v) is 13.9. The molecule has 318 valence electrons. The Balaban J connectivity index is 0.00000518. The quantitative estimate of drug-likeness (QED) is 0.118. The van der Waals surface area contributed by atoms with Gasteiger partial charge in [-0.1, -0.05) is 0 Å². The second-order valence-electron chi connectivity index (χ2n) is 18.6. The Morgan fingerprint density at radius 3 is 1.95 bits per heavy atom. The van der Waals surface area contributed by atoms with E-state index in [2.05, 4.69) is 201 Å². The predicted molar refractivity (Wildman–Crippen MR) is 267 cm³/mol. The molecule has 0 aliphatic rings. The standard InChI is InChI=1S/C58H48N2OSe2.Pt/c1-35-28-40(20-23-49(35)58(6,7)8)51-34-41-24-26-59-52(55(41)62-51)44-29-39-16-12-13-17-48(39)50(33-44)61-46-31-42(37-14-10-9-11-15-37)30-43(32-46)53-56-47(25-27-60-53)36(2)54(63-56)38-18-21-45(22-19-38)57(3,4)5;/h9-31,34H,1-8H3;/q-2;+2. The zero-order valence-electron chi connectivity index (χ0n) is 37.3. The minimum Gasteiger partial charge on any atom is 2.00 e. The Kier molecular flexibility index (Phi) is 12.0. The fourth-order valence-electron chi connectivity index (χ4n) is 8.75. The minimum absolute atomic E-state index is 0. The molecule has 6 aromatic carbocycles. The largest absolute Gasteiger partial charge is 2.00 e. The van der Waals surface area contributed by atoms with Crippen molar-refractivity contribution in [2.45, 2.75) is 66.2 Å². The van der Waals surface area contributed by atoms with Gasteiger partial charge in [0.15, 0.2) is 0 Å². The molecule has 0 aliphatic heterocycles. The SMILES string of the molecule is Cc1cc(-c2cc3ccnc(-c4[c-]c(Oc5[c-]c(-c6nccc7c(C)c(-c8ccc(C(C)(C)C)cc8)[se]c67)cc(-c6ccccc6)c5)c5ccccc5c4)c3[se]2)ccc1C(C)(C)C.[Pt+2]. The number of fused-ring (bicyclic) bond motifs is 3. The van der Waals surface area contributed by atoms with Crippen molar-refractivity contribution in [1.29, 1.82) is 0 Å². The first-order chi connectivity index (χ1) is 30.3. The molecule has 0 atom stereocenters. The normalized spacial score (nSPS) is 11.9. The molecule has 0 bridgehead atoms. The molecule has 10 aromatic rings. The average molecular weight is 1140 g/mol.